The van der Waals surface area contributed by atoms with Crippen molar-refractivity contribution in [2.45, 2.75) is 6.92 Å². The summed E-state index contributed by atoms with van der Waals surface area (Å²) in [5, 5.41) is 0. The number of para-hydroxylation sites is 1. The molecule has 0 atom stereocenters. The summed E-state index contributed by atoms with van der Waals surface area (Å²) < 4.78 is 10.8. The van der Waals surface area contributed by atoms with Crippen molar-refractivity contribution in [1.29, 1.82) is 0 Å². The number of benzene rings is 3. The highest BCUT2D eigenvalue weighted by Gasteiger charge is 2.43. The summed E-state index contributed by atoms with van der Waals surface area (Å²) in [6.45, 7) is 2.47. The van der Waals surface area contributed by atoms with Crippen molar-refractivity contribution in [2.24, 2.45) is 0 Å². The van der Waals surface area contributed by atoms with E-state index >= 15 is 0 Å². The van der Waals surface area contributed by atoms with E-state index in [0.717, 1.165) is 5.69 Å². The van der Waals surface area contributed by atoms with Gasteiger partial charge in [-0.05, 0) is 36.8 Å². The van der Waals surface area contributed by atoms with Crippen LogP contribution in [0.4, 0.5) is 11.4 Å². The van der Waals surface area contributed by atoms with Crippen molar-refractivity contribution in [3.05, 3.63) is 90.1 Å². The molecule has 1 aliphatic rings. The van der Waals surface area contributed by atoms with Crippen molar-refractivity contribution >= 4 is 28.8 Å². The van der Waals surface area contributed by atoms with Crippen LogP contribution in [0.1, 0.15) is 12.5 Å². The van der Waals surface area contributed by atoms with Crippen LogP contribution in [0.5, 0.6) is 11.5 Å². The number of carbonyl (C=O) groups is 2. The van der Waals surface area contributed by atoms with E-state index in [4.69, 9.17) is 9.47 Å². The molecule has 3 aromatic carbocycles. The van der Waals surface area contributed by atoms with E-state index in [-0.39, 0.29) is 0 Å². The van der Waals surface area contributed by atoms with Gasteiger partial charge in [0.2, 0.25) is 0 Å². The predicted molar refractivity (Wildman–Crippen MR) is 125 cm³/mol. The summed E-state index contributed by atoms with van der Waals surface area (Å²) in [6.07, 6.45) is 0. The number of hydrogen-bond acceptors (Lipinski definition) is 5. The van der Waals surface area contributed by atoms with Crippen molar-refractivity contribution in [2.75, 3.05) is 30.6 Å². The Morgan fingerprint density at radius 1 is 0.812 bits per heavy atom. The number of carbonyl (C=O) groups excluding carboxylic acids is 2. The van der Waals surface area contributed by atoms with Crippen LogP contribution in [0.2, 0.25) is 0 Å². The first-order valence-electron chi connectivity index (χ1n) is 10.3. The van der Waals surface area contributed by atoms with Crippen molar-refractivity contribution < 1.29 is 19.1 Å². The van der Waals surface area contributed by atoms with Crippen molar-refractivity contribution in [3.8, 4) is 11.5 Å². The first-order valence-corrected chi connectivity index (χ1v) is 10.3. The summed E-state index contributed by atoms with van der Waals surface area (Å²) in [6, 6.07) is 23.9. The van der Waals surface area contributed by atoms with Gasteiger partial charge < -0.3 is 14.4 Å². The Hall–Kier alpha value is -4.06. The molecular weight excluding hydrogens is 404 g/mol. The van der Waals surface area contributed by atoms with E-state index in [9.17, 15) is 9.59 Å². The molecule has 1 aliphatic heterocycles. The smallest absolute Gasteiger partial charge is 0.282 e. The van der Waals surface area contributed by atoms with Crippen molar-refractivity contribution in [1.82, 2.24) is 0 Å². The topological polar surface area (TPSA) is 59.1 Å². The van der Waals surface area contributed by atoms with E-state index in [2.05, 4.69) is 0 Å². The fourth-order valence-corrected chi connectivity index (χ4v) is 3.90. The number of rotatable bonds is 7. The zero-order valence-electron chi connectivity index (χ0n) is 18.2. The minimum atomic E-state index is -0.400. The summed E-state index contributed by atoms with van der Waals surface area (Å²) in [5.41, 5.74) is 2.59. The lowest BCUT2D eigenvalue weighted by Gasteiger charge is -2.25. The fraction of sp³-hybridized carbons (Fsp3) is 0.154. The third-order valence-corrected chi connectivity index (χ3v) is 5.40. The van der Waals surface area contributed by atoms with Gasteiger partial charge in [-0.15, -0.1) is 0 Å². The van der Waals surface area contributed by atoms with E-state index in [1.54, 1.807) is 25.3 Å². The Bertz CT molecular complexity index is 1170. The van der Waals surface area contributed by atoms with Gasteiger partial charge in [0, 0.05) is 18.3 Å². The molecule has 32 heavy (non-hydrogen) atoms. The molecular formula is C26H24N2O4. The lowest BCUT2D eigenvalue weighted by atomic mass is 10.0. The monoisotopic (exact) mass is 428 g/mol. The molecule has 4 rings (SSSR count). The van der Waals surface area contributed by atoms with Crippen LogP contribution in [0.3, 0.4) is 0 Å². The second-order valence-electron chi connectivity index (χ2n) is 7.15. The number of anilines is 2. The molecule has 0 radical (unpaired) electrons. The van der Waals surface area contributed by atoms with Crippen LogP contribution < -0.4 is 19.3 Å². The summed E-state index contributed by atoms with van der Waals surface area (Å²) in [4.78, 5) is 30.6. The fourth-order valence-electron chi connectivity index (χ4n) is 3.90. The van der Waals surface area contributed by atoms with Gasteiger partial charge in [-0.2, -0.15) is 0 Å². The second kappa shape index (κ2) is 8.98. The number of amides is 2. The molecule has 0 fully saturated rings. The summed E-state index contributed by atoms with van der Waals surface area (Å²) in [7, 11) is 3.05. The van der Waals surface area contributed by atoms with E-state index < -0.39 is 11.8 Å². The third kappa shape index (κ3) is 3.60. The molecule has 0 unspecified atom stereocenters. The molecule has 0 aliphatic carbocycles. The quantitative estimate of drug-likeness (QED) is 0.518. The maximum atomic E-state index is 13.8. The molecule has 1 heterocycles. The zero-order chi connectivity index (χ0) is 22.7. The Kier molecular flexibility index (Phi) is 5.94. The Balaban J connectivity index is 1.90. The van der Waals surface area contributed by atoms with E-state index in [1.807, 2.05) is 72.5 Å². The standard InChI is InChI=1S/C26H24N2O4/c1-4-27(19-13-9-6-10-14-19)24-23(18-11-7-5-8-12-18)25(29)28(26(24)30)21-16-15-20(31-2)17-22(21)32-3/h5-17H,4H2,1-3H3. The van der Waals surface area contributed by atoms with Crippen LogP contribution in [-0.2, 0) is 9.59 Å². The van der Waals surface area contributed by atoms with Gasteiger partial charge in [0.05, 0.1) is 25.5 Å². The molecule has 0 aromatic heterocycles. The van der Waals surface area contributed by atoms with E-state index in [1.165, 1.54) is 12.0 Å². The summed E-state index contributed by atoms with van der Waals surface area (Å²) >= 11 is 0. The van der Waals surface area contributed by atoms with Gasteiger partial charge in [0.15, 0.2) is 0 Å². The average molecular weight is 428 g/mol. The highest BCUT2D eigenvalue weighted by atomic mass is 16.5. The molecule has 0 saturated carbocycles. The SMILES string of the molecule is CCN(C1=C(c2ccccc2)C(=O)N(c2ccc(OC)cc2OC)C1=O)c1ccccc1. The van der Waals surface area contributed by atoms with Gasteiger partial charge in [-0.3, -0.25) is 9.59 Å². The van der Waals surface area contributed by atoms with Crippen LogP contribution in [0, 0.1) is 0 Å². The van der Waals surface area contributed by atoms with Gasteiger partial charge in [0.25, 0.3) is 11.8 Å². The maximum Gasteiger partial charge on any atom is 0.282 e. The van der Waals surface area contributed by atoms with Crippen LogP contribution in [-0.4, -0.2) is 32.6 Å². The first-order chi connectivity index (χ1) is 15.6. The molecule has 0 N–H and O–H groups in total. The first kappa shape index (κ1) is 21.2. The minimum Gasteiger partial charge on any atom is -0.497 e. The lowest BCUT2D eigenvalue weighted by Crippen LogP contribution is -2.35. The van der Waals surface area contributed by atoms with Gasteiger partial charge in [0.1, 0.15) is 17.2 Å². The Morgan fingerprint density at radius 3 is 2.06 bits per heavy atom. The van der Waals surface area contributed by atoms with Gasteiger partial charge >= 0.3 is 0 Å². The predicted octanol–water partition coefficient (Wildman–Crippen LogP) is 4.51. The zero-order valence-corrected chi connectivity index (χ0v) is 18.2. The number of nitrogens with zero attached hydrogens (tertiary/aromatic N) is 2. The van der Waals surface area contributed by atoms with Crippen LogP contribution in [0.25, 0.3) is 5.57 Å². The molecule has 2 amide bonds. The summed E-state index contributed by atoms with van der Waals surface area (Å²) in [5.74, 6) is 0.153. The molecule has 162 valence electrons. The van der Waals surface area contributed by atoms with Crippen molar-refractivity contribution in [3.63, 3.8) is 0 Å². The second-order valence-corrected chi connectivity index (χ2v) is 7.15. The molecule has 6 nitrogen and oxygen atoms in total. The number of ether oxygens (including phenoxy) is 2. The normalized spacial score (nSPS) is 13.5. The highest BCUT2D eigenvalue weighted by molar-refractivity contribution is 6.46. The molecule has 3 aromatic rings. The highest BCUT2D eigenvalue weighted by Crippen LogP contribution is 2.40. The maximum absolute atomic E-state index is 13.8. The van der Waals surface area contributed by atoms with Gasteiger partial charge in [-0.25, -0.2) is 4.90 Å². The number of likely N-dealkylation sites (N-methyl/N-ethyl adjacent to an activating group) is 1. The molecule has 0 bridgehead atoms. The molecule has 0 spiro atoms. The van der Waals surface area contributed by atoms with Gasteiger partial charge in [-0.1, -0.05) is 48.5 Å². The number of methoxy groups -OCH3 is 2. The minimum absolute atomic E-state index is 0.341. The average Bonchev–Trinajstić information content (AvgIpc) is 3.10. The van der Waals surface area contributed by atoms with Crippen LogP contribution in [0.15, 0.2) is 84.6 Å². The largest absolute Gasteiger partial charge is 0.497 e. The molecule has 6 heteroatoms. The number of imide groups is 1. The van der Waals surface area contributed by atoms with E-state index in [0.29, 0.717) is 40.6 Å². The number of hydrogen-bond donors (Lipinski definition) is 0. The molecule has 0 saturated heterocycles. The third-order valence-electron chi connectivity index (χ3n) is 5.40. The Labute approximate surface area is 187 Å². The van der Waals surface area contributed by atoms with Crippen LogP contribution >= 0.6 is 0 Å². The lowest BCUT2D eigenvalue weighted by molar-refractivity contribution is -0.120. The Morgan fingerprint density at radius 2 is 1.47 bits per heavy atom.